The van der Waals surface area contributed by atoms with E-state index in [4.69, 9.17) is 5.73 Å². The zero-order valence-corrected chi connectivity index (χ0v) is 10.6. The van der Waals surface area contributed by atoms with E-state index in [0.717, 1.165) is 13.1 Å². The predicted molar refractivity (Wildman–Crippen MR) is 72.8 cm³/mol. The number of para-hydroxylation sites is 1. The molecule has 2 rings (SSSR count). The Morgan fingerprint density at radius 3 is 2.82 bits per heavy atom. The fraction of sp³-hybridized carbons (Fsp3) is 0.429. The van der Waals surface area contributed by atoms with Crippen molar-refractivity contribution in [3.63, 3.8) is 0 Å². The Balaban J connectivity index is 2.00. The Morgan fingerprint density at radius 2 is 2.06 bits per heavy atom. The number of aromatic nitrogens is 1. The molecule has 0 amide bonds. The van der Waals surface area contributed by atoms with E-state index in [1.807, 2.05) is 6.07 Å². The summed E-state index contributed by atoms with van der Waals surface area (Å²) in [6.45, 7) is 6.87. The van der Waals surface area contributed by atoms with Gasteiger partial charge in [0.05, 0.1) is 0 Å². The molecule has 4 N–H and O–H groups in total. The molecule has 0 aliphatic rings. The summed E-state index contributed by atoms with van der Waals surface area (Å²) >= 11 is 0. The van der Waals surface area contributed by atoms with Gasteiger partial charge in [-0.25, -0.2) is 0 Å². The summed E-state index contributed by atoms with van der Waals surface area (Å²) in [5, 5.41) is 4.77. The lowest BCUT2D eigenvalue weighted by atomic mass is 9.94. The highest BCUT2D eigenvalue weighted by atomic mass is 14.9. The van der Waals surface area contributed by atoms with Crippen molar-refractivity contribution in [3.8, 4) is 0 Å². The standard InChI is InChI=1S/C14H21N3/c1-14(2,9-15)10-16-7-11-8-17-13-6-4-3-5-12(11)13/h3-6,8,16-17H,7,9-10,15H2,1-2H3. The quantitative estimate of drug-likeness (QED) is 0.739. The van der Waals surface area contributed by atoms with Gasteiger partial charge >= 0.3 is 0 Å². The average Bonchev–Trinajstić information content (AvgIpc) is 2.73. The first-order valence-electron chi connectivity index (χ1n) is 6.08. The first-order chi connectivity index (χ1) is 8.12. The summed E-state index contributed by atoms with van der Waals surface area (Å²) in [4.78, 5) is 3.29. The van der Waals surface area contributed by atoms with Crippen molar-refractivity contribution in [1.82, 2.24) is 10.3 Å². The molecule has 1 aromatic heterocycles. The van der Waals surface area contributed by atoms with Crippen molar-refractivity contribution in [2.24, 2.45) is 11.1 Å². The van der Waals surface area contributed by atoms with Crippen molar-refractivity contribution in [3.05, 3.63) is 36.0 Å². The lowest BCUT2D eigenvalue weighted by molar-refractivity contribution is 0.351. The van der Waals surface area contributed by atoms with Crippen LogP contribution in [0.2, 0.25) is 0 Å². The molecular formula is C14H21N3. The zero-order chi connectivity index (χ0) is 12.3. The normalized spacial score (nSPS) is 12.2. The minimum Gasteiger partial charge on any atom is -0.361 e. The fourth-order valence-electron chi connectivity index (χ4n) is 1.89. The summed E-state index contributed by atoms with van der Waals surface area (Å²) in [5.74, 6) is 0. The Hall–Kier alpha value is -1.32. The number of aromatic amines is 1. The molecule has 92 valence electrons. The maximum absolute atomic E-state index is 5.71. The van der Waals surface area contributed by atoms with E-state index in [9.17, 15) is 0 Å². The third kappa shape index (κ3) is 2.87. The van der Waals surface area contributed by atoms with E-state index < -0.39 is 0 Å². The SMILES string of the molecule is CC(C)(CN)CNCc1c[nH]c2ccccc12. The lowest BCUT2D eigenvalue weighted by Crippen LogP contribution is -2.35. The summed E-state index contributed by atoms with van der Waals surface area (Å²) in [5.41, 5.74) is 8.38. The van der Waals surface area contributed by atoms with Crippen molar-refractivity contribution in [1.29, 1.82) is 0 Å². The fourth-order valence-corrected chi connectivity index (χ4v) is 1.89. The molecule has 0 bridgehead atoms. The van der Waals surface area contributed by atoms with Crippen LogP contribution in [0.15, 0.2) is 30.5 Å². The molecule has 0 atom stereocenters. The molecule has 0 spiro atoms. The molecule has 0 fully saturated rings. The molecule has 1 aromatic carbocycles. The highest BCUT2D eigenvalue weighted by Gasteiger charge is 2.14. The van der Waals surface area contributed by atoms with Gasteiger partial charge < -0.3 is 16.0 Å². The molecule has 3 nitrogen and oxygen atoms in total. The van der Waals surface area contributed by atoms with Crippen LogP contribution >= 0.6 is 0 Å². The van der Waals surface area contributed by atoms with Crippen LogP contribution in [0.1, 0.15) is 19.4 Å². The summed E-state index contributed by atoms with van der Waals surface area (Å²) in [6.07, 6.45) is 2.08. The summed E-state index contributed by atoms with van der Waals surface area (Å²) in [7, 11) is 0. The third-order valence-electron chi connectivity index (χ3n) is 3.15. The number of H-pyrrole nitrogens is 1. The zero-order valence-electron chi connectivity index (χ0n) is 10.6. The maximum Gasteiger partial charge on any atom is 0.0457 e. The van der Waals surface area contributed by atoms with Crippen LogP contribution in [0.3, 0.4) is 0 Å². The predicted octanol–water partition coefficient (Wildman–Crippen LogP) is 2.24. The highest BCUT2D eigenvalue weighted by molar-refractivity contribution is 5.82. The monoisotopic (exact) mass is 231 g/mol. The molecule has 0 saturated heterocycles. The van der Waals surface area contributed by atoms with Crippen LogP contribution in [0.4, 0.5) is 0 Å². The van der Waals surface area contributed by atoms with Crippen LogP contribution in [-0.4, -0.2) is 18.1 Å². The molecule has 1 heterocycles. The molecule has 0 unspecified atom stereocenters. The topological polar surface area (TPSA) is 53.8 Å². The van der Waals surface area contributed by atoms with Gasteiger partial charge in [-0.2, -0.15) is 0 Å². The minimum absolute atomic E-state index is 0.159. The van der Waals surface area contributed by atoms with Crippen LogP contribution in [0.5, 0.6) is 0 Å². The van der Waals surface area contributed by atoms with Crippen molar-refractivity contribution in [2.75, 3.05) is 13.1 Å². The van der Waals surface area contributed by atoms with Crippen LogP contribution < -0.4 is 11.1 Å². The van der Waals surface area contributed by atoms with Gasteiger partial charge in [-0.3, -0.25) is 0 Å². The number of nitrogens with one attached hydrogen (secondary N) is 2. The van der Waals surface area contributed by atoms with E-state index >= 15 is 0 Å². The van der Waals surface area contributed by atoms with Crippen molar-refractivity contribution < 1.29 is 0 Å². The largest absolute Gasteiger partial charge is 0.361 e. The molecule has 0 aliphatic carbocycles. The van der Waals surface area contributed by atoms with Crippen LogP contribution in [0.25, 0.3) is 10.9 Å². The summed E-state index contributed by atoms with van der Waals surface area (Å²) < 4.78 is 0. The third-order valence-corrected chi connectivity index (χ3v) is 3.15. The number of hydrogen-bond donors (Lipinski definition) is 3. The second-order valence-electron chi connectivity index (χ2n) is 5.33. The van der Waals surface area contributed by atoms with Gasteiger partial charge in [0.2, 0.25) is 0 Å². The first-order valence-corrected chi connectivity index (χ1v) is 6.08. The van der Waals surface area contributed by atoms with Gasteiger partial charge in [0, 0.05) is 30.2 Å². The van der Waals surface area contributed by atoms with Gasteiger partial charge in [-0.05, 0) is 23.6 Å². The Labute approximate surface area is 102 Å². The van der Waals surface area contributed by atoms with Crippen molar-refractivity contribution in [2.45, 2.75) is 20.4 Å². The van der Waals surface area contributed by atoms with Gasteiger partial charge in [-0.15, -0.1) is 0 Å². The van der Waals surface area contributed by atoms with Crippen molar-refractivity contribution >= 4 is 10.9 Å². The minimum atomic E-state index is 0.159. The second kappa shape index (κ2) is 4.90. The van der Waals surface area contributed by atoms with E-state index in [0.29, 0.717) is 6.54 Å². The molecule has 0 radical (unpaired) electrons. The van der Waals surface area contributed by atoms with Gasteiger partial charge in [-0.1, -0.05) is 32.0 Å². The number of nitrogens with two attached hydrogens (primary N) is 1. The number of hydrogen-bond acceptors (Lipinski definition) is 2. The van der Waals surface area contributed by atoms with Gasteiger partial charge in [0.1, 0.15) is 0 Å². The highest BCUT2D eigenvalue weighted by Crippen LogP contribution is 2.18. The molecular weight excluding hydrogens is 210 g/mol. The first kappa shape index (κ1) is 12.1. The molecule has 3 heteroatoms. The molecule has 0 aliphatic heterocycles. The van der Waals surface area contributed by atoms with E-state index in [1.54, 1.807) is 0 Å². The van der Waals surface area contributed by atoms with E-state index in [2.05, 4.69) is 48.5 Å². The number of rotatable bonds is 5. The Kier molecular flexibility index (Phi) is 3.50. The van der Waals surface area contributed by atoms with Gasteiger partial charge in [0.15, 0.2) is 0 Å². The van der Waals surface area contributed by atoms with E-state index in [-0.39, 0.29) is 5.41 Å². The van der Waals surface area contributed by atoms with E-state index in [1.165, 1.54) is 16.5 Å². The summed E-state index contributed by atoms with van der Waals surface area (Å²) in [6, 6.07) is 8.37. The number of fused-ring (bicyclic) bond motifs is 1. The molecule has 2 aromatic rings. The lowest BCUT2D eigenvalue weighted by Gasteiger charge is -2.22. The van der Waals surface area contributed by atoms with Gasteiger partial charge in [0.25, 0.3) is 0 Å². The second-order valence-corrected chi connectivity index (χ2v) is 5.33. The number of benzene rings is 1. The Morgan fingerprint density at radius 1 is 1.29 bits per heavy atom. The smallest absolute Gasteiger partial charge is 0.0457 e. The average molecular weight is 231 g/mol. The Bertz CT molecular complexity index is 485. The van der Waals surface area contributed by atoms with Crippen LogP contribution in [0, 0.1) is 5.41 Å². The maximum atomic E-state index is 5.71. The molecule has 17 heavy (non-hydrogen) atoms. The van der Waals surface area contributed by atoms with Crippen LogP contribution in [-0.2, 0) is 6.54 Å². The molecule has 0 saturated carbocycles.